The molecule has 3 heterocycles. The first-order chi connectivity index (χ1) is 18.4. The summed E-state index contributed by atoms with van der Waals surface area (Å²) in [5, 5.41) is 17.3. The van der Waals surface area contributed by atoms with Crippen LogP contribution in [0.4, 0.5) is 19.1 Å². The van der Waals surface area contributed by atoms with Gasteiger partial charge in [-0.05, 0) is 42.0 Å². The number of carboxylic acid groups (broad SMARTS) is 1. The van der Waals surface area contributed by atoms with E-state index in [9.17, 15) is 23.1 Å². The minimum Gasteiger partial charge on any atom is -0.475 e. The van der Waals surface area contributed by atoms with Crippen molar-refractivity contribution in [2.45, 2.75) is 12.7 Å². The maximum atomic E-state index is 13.3. The highest BCUT2D eigenvalue weighted by molar-refractivity contribution is 7.22. The molecule has 0 spiro atoms. The average molecular weight is 580 g/mol. The van der Waals surface area contributed by atoms with E-state index in [4.69, 9.17) is 21.5 Å². The highest BCUT2D eigenvalue weighted by Gasteiger charge is 2.38. The molecule has 0 radical (unpaired) electrons. The number of alkyl halides is 3. The SMILES string of the molecule is CN(C)c1nc2ccc(-n3cnc4cc(-c5ccc(Cl)cc5)sc4c3=O)cc2n1CCO.O=C(O)C(F)(F)F. The van der Waals surface area contributed by atoms with Crippen LogP contribution in [0.5, 0.6) is 0 Å². The van der Waals surface area contributed by atoms with Gasteiger partial charge in [-0.1, -0.05) is 23.7 Å². The first-order valence-electron chi connectivity index (χ1n) is 11.3. The van der Waals surface area contributed by atoms with Gasteiger partial charge in [0.15, 0.2) is 0 Å². The van der Waals surface area contributed by atoms with Crippen molar-refractivity contribution in [1.29, 1.82) is 0 Å². The monoisotopic (exact) mass is 579 g/mol. The summed E-state index contributed by atoms with van der Waals surface area (Å²) in [4.78, 5) is 34.3. The van der Waals surface area contributed by atoms with E-state index in [2.05, 4.69) is 9.97 Å². The number of carboxylic acids is 1. The van der Waals surface area contributed by atoms with Crippen LogP contribution < -0.4 is 10.5 Å². The number of aliphatic hydroxyl groups is 1. The van der Waals surface area contributed by atoms with Crippen LogP contribution in [0, 0.1) is 0 Å². The van der Waals surface area contributed by atoms with Crippen LogP contribution in [-0.2, 0) is 11.3 Å². The summed E-state index contributed by atoms with van der Waals surface area (Å²) in [5.74, 6) is -2.01. The molecule has 39 heavy (non-hydrogen) atoms. The normalized spacial score (nSPS) is 11.5. The zero-order valence-electron chi connectivity index (χ0n) is 20.5. The Morgan fingerprint density at radius 1 is 1.10 bits per heavy atom. The van der Waals surface area contributed by atoms with E-state index in [1.165, 1.54) is 11.3 Å². The number of imidazole rings is 1. The van der Waals surface area contributed by atoms with E-state index in [1.54, 1.807) is 10.9 Å². The molecule has 9 nitrogen and oxygen atoms in total. The molecule has 0 aliphatic carbocycles. The number of anilines is 1. The molecule has 0 amide bonds. The summed E-state index contributed by atoms with van der Waals surface area (Å²) in [6, 6.07) is 15.1. The van der Waals surface area contributed by atoms with Gasteiger partial charge in [0.2, 0.25) is 5.95 Å². The van der Waals surface area contributed by atoms with E-state index in [1.807, 2.05) is 72.1 Å². The molecule has 3 aromatic heterocycles. The lowest BCUT2D eigenvalue weighted by Crippen LogP contribution is -2.21. The number of nitrogens with zero attached hydrogens (tertiary/aromatic N) is 5. The lowest BCUT2D eigenvalue weighted by molar-refractivity contribution is -0.192. The number of carbonyl (C=O) groups is 1. The maximum absolute atomic E-state index is 13.3. The number of halogens is 4. The average Bonchev–Trinajstić information content (AvgIpc) is 3.47. The Hall–Kier alpha value is -3.94. The van der Waals surface area contributed by atoms with Gasteiger partial charge in [0.05, 0.1) is 28.8 Å². The Labute approximate surface area is 228 Å². The van der Waals surface area contributed by atoms with Crippen molar-refractivity contribution in [3.63, 3.8) is 0 Å². The summed E-state index contributed by atoms with van der Waals surface area (Å²) in [6.07, 6.45) is -3.52. The molecule has 14 heteroatoms. The number of aliphatic carboxylic acids is 1. The second-order valence-corrected chi connectivity index (χ2v) is 9.90. The molecular weight excluding hydrogens is 559 g/mol. The standard InChI is InChI=1S/C23H20ClN5O2S.C2HF3O2/c1-27(2)23-26-17-8-7-16(11-19(17)28(23)9-10-30)29-13-25-18-12-20(32-21(18)22(29)31)14-3-5-15(24)6-4-14;3-2(4,5)1(6)7/h3-8,11-13,30H,9-10H2,1-2H3;(H,6,7). The molecule has 0 unspecified atom stereocenters. The second kappa shape index (κ2) is 11.0. The number of rotatable bonds is 5. The van der Waals surface area contributed by atoms with Crippen LogP contribution in [0.2, 0.25) is 5.02 Å². The van der Waals surface area contributed by atoms with Crippen molar-refractivity contribution in [1.82, 2.24) is 19.1 Å². The van der Waals surface area contributed by atoms with Crippen LogP contribution >= 0.6 is 22.9 Å². The minimum absolute atomic E-state index is 0.00728. The largest absolute Gasteiger partial charge is 0.490 e. The molecular formula is C25H21ClF3N5O4S. The Balaban J connectivity index is 0.000000448. The molecule has 0 atom stereocenters. The molecule has 0 aliphatic rings. The van der Waals surface area contributed by atoms with Crippen molar-refractivity contribution < 1.29 is 28.2 Å². The number of aliphatic hydroxyl groups excluding tert-OH is 1. The van der Waals surface area contributed by atoms with Gasteiger partial charge in [-0.2, -0.15) is 13.2 Å². The van der Waals surface area contributed by atoms with Gasteiger partial charge in [0.25, 0.3) is 5.56 Å². The number of hydrogen-bond acceptors (Lipinski definition) is 7. The second-order valence-electron chi connectivity index (χ2n) is 8.41. The number of benzene rings is 2. The third-order valence-corrected chi connectivity index (χ3v) is 6.94. The quantitative estimate of drug-likeness (QED) is 0.307. The molecule has 5 rings (SSSR count). The molecule has 2 aromatic carbocycles. The zero-order chi connectivity index (χ0) is 28.5. The van der Waals surface area contributed by atoms with Crippen LogP contribution in [0.1, 0.15) is 0 Å². The molecule has 0 fully saturated rings. The van der Waals surface area contributed by atoms with Crippen molar-refractivity contribution in [3.8, 4) is 16.1 Å². The van der Waals surface area contributed by atoms with E-state index in [-0.39, 0.29) is 12.2 Å². The Morgan fingerprint density at radius 2 is 1.77 bits per heavy atom. The fourth-order valence-electron chi connectivity index (χ4n) is 3.76. The van der Waals surface area contributed by atoms with Gasteiger partial charge in [0, 0.05) is 30.5 Å². The topological polar surface area (TPSA) is 113 Å². The summed E-state index contributed by atoms with van der Waals surface area (Å²) in [5.41, 5.74) is 3.88. The van der Waals surface area contributed by atoms with Crippen molar-refractivity contribution >= 4 is 56.1 Å². The fraction of sp³-hybridized carbons (Fsp3) is 0.200. The Bertz CT molecular complexity index is 1710. The highest BCUT2D eigenvalue weighted by Crippen LogP contribution is 2.32. The summed E-state index contributed by atoms with van der Waals surface area (Å²) in [6.45, 7) is 0.404. The van der Waals surface area contributed by atoms with Crippen LogP contribution in [-0.4, -0.2) is 62.2 Å². The third-order valence-electron chi connectivity index (χ3n) is 5.52. The number of fused-ring (bicyclic) bond motifs is 2. The van der Waals surface area contributed by atoms with Gasteiger partial charge in [-0.15, -0.1) is 11.3 Å². The molecule has 204 valence electrons. The molecule has 0 saturated heterocycles. The molecule has 0 saturated carbocycles. The van der Waals surface area contributed by atoms with Crippen LogP contribution in [0.15, 0.2) is 59.7 Å². The first-order valence-corrected chi connectivity index (χ1v) is 12.5. The Morgan fingerprint density at radius 3 is 2.36 bits per heavy atom. The van der Waals surface area contributed by atoms with E-state index >= 15 is 0 Å². The molecule has 0 bridgehead atoms. The lowest BCUT2D eigenvalue weighted by Gasteiger charge is -2.14. The Kier molecular flexibility index (Phi) is 7.95. The van der Waals surface area contributed by atoms with Gasteiger partial charge in [-0.3, -0.25) is 9.36 Å². The van der Waals surface area contributed by atoms with E-state index in [0.29, 0.717) is 27.5 Å². The molecule has 2 N–H and O–H groups in total. The third kappa shape index (κ3) is 5.90. The van der Waals surface area contributed by atoms with Crippen molar-refractivity contribution in [2.24, 2.45) is 0 Å². The van der Waals surface area contributed by atoms with Gasteiger partial charge in [-0.25, -0.2) is 14.8 Å². The van der Waals surface area contributed by atoms with Gasteiger partial charge in [0.1, 0.15) is 11.0 Å². The predicted octanol–water partition coefficient (Wildman–Crippen LogP) is 4.81. The van der Waals surface area contributed by atoms with Gasteiger partial charge < -0.3 is 19.7 Å². The molecule has 0 aliphatic heterocycles. The van der Waals surface area contributed by atoms with Crippen LogP contribution in [0.25, 0.3) is 37.4 Å². The zero-order valence-corrected chi connectivity index (χ0v) is 22.0. The highest BCUT2D eigenvalue weighted by atomic mass is 35.5. The summed E-state index contributed by atoms with van der Waals surface area (Å²) in [7, 11) is 3.82. The lowest BCUT2D eigenvalue weighted by atomic mass is 10.2. The van der Waals surface area contributed by atoms with E-state index in [0.717, 1.165) is 27.4 Å². The van der Waals surface area contributed by atoms with Gasteiger partial charge >= 0.3 is 12.1 Å². The van der Waals surface area contributed by atoms with E-state index < -0.39 is 12.1 Å². The maximum Gasteiger partial charge on any atom is 0.490 e. The number of aromatic nitrogens is 4. The summed E-state index contributed by atoms with van der Waals surface area (Å²) < 4.78 is 35.8. The fourth-order valence-corrected chi connectivity index (χ4v) is 4.93. The number of hydrogen-bond donors (Lipinski definition) is 2. The van der Waals surface area contributed by atoms with Crippen molar-refractivity contribution in [2.75, 3.05) is 25.6 Å². The minimum atomic E-state index is -5.08. The smallest absolute Gasteiger partial charge is 0.475 e. The number of thiophene rings is 1. The summed E-state index contributed by atoms with van der Waals surface area (Å²) >= 11 is 7.42. The predicted molar refractivity (Wildman–Crippen MR) is 144 cm³/mol. The first kappa shape index (κ1) is 28.1. The molecule has 5 aromatic rings. The van der Waals surface area contributed by atoms with Crippen molar-refractivity contribution in [3.05, 3.63) is 70.2 Å². The van der Waals surface area contributed by atoms with Crippen LogP contribution in [0.3, 0.4) is 0 Å².